The molecule has 0 aliphatic rings. The molecule has 3 nitrogen and oxygen atoms in total. The van der Waals surface area contributed by atoms with Crippen molar-refractivity contribution in [2.24, 2.45) is 5.73 Å². The highest BCUT2D eigenvalue weighted by Crippen LogP contribution is 2.03. The van der Waals surface area contributed by atoms with Gasteiger partial charge in [-0.15, -0.1) is 0 Å². The lowest BCUT2D eigenvalue weighted by Gasteiger charge is -2.10. The van der Waals surface area contributed by atoms with Crippen LogP contribution in [0, 0.1) is 5.41 Å². The van der Waals surface area contributed by atoms with Crippen molar-refractivity contribution in [3.63, 3.8) is 0 Å². The molecule has 64 valence electrons. The topological polar surface area (TPSA) is 53.1 Å². The zero-order valence-corrected chi connectivity index (χ0v) is 6.50. The number of hydrogen-bond donors (Lipinski definition) is 2. The van der Waals surface area contributed by atoms with E-state index in [0.29, 0.717) is 0 Å². The molecule has 0 aliphatic heterocycles. The molecular weight excluding hydrogens is 156 g/mol. The number of rotatable bonds is 2. The summed E-state index contributed by atoms with van der Waals surface area (Å²) in [7, 11) is 0. The van der Waals surface area contributed by atoms with E-state index in [-0.39, 0.29) is 11.7 Å². The highest BCUT2D eigenvalue weighted by molar-refractivity contribution is 5.73. The van der Waals surface area contributed by atoms with Crippen molar-refractivity contribution in [1.82, 2.24) is 5.12 Å². The van der Waals surface area contributed by atoms with Gasteiger partial charge in [0.05, 0.1) is 6.54 Å². The van der Waals surface area contributed by atoms with Crippen LogP contribution in [0.5, 0.6) is 0 Å². The fourth-order valence-corrected chi connectivity index (χ4v) is 0.829. The molecule has 0 amide bonds. The van der Waals surface area contributed by atoms with E-state index in [1.165, 1.54) is 0 Å². The van der Waals surface area contributed by atoms with E-state index in [2.05, 4.69) is 0 Å². The number of nitrogens with two attached hydrogens (primary N) is 1. The van der Waals surface area contributed by atoms with Gasteiger partial charge >= 0.3 is 0 Å². The SMILES string of the molecule is N=C(N)N([18F])Cc1ccccc1. The Morgan fingerprint density at radius 1 is 1.42 bits per heavy atom. The van der Waals surface area contributed by atoms with Gasteiger partial charge in [0.2, 0.25) is 5.96 Å². The van der Waals surface area contributed by atoms with E-state index in [0.717, 1.165) is 5.56 Å². The Balaban J connectivity index is 2.58. The molecule has 0 fully saturated rings. The summed E-state index contributed by atoms with van der Waals surface area (Å²) in [6, 6.07) is 9.01. The Labute approximate surface area is 70.0 Å². The normalized spacial score (nSPS) is 9.42. The van der Waals surface area contributed by atoms with E-state index in [9.17, 15) is 4.48 Å². The summed E-state index contributed by atoms with van der Waals surface area (Å²) in [6.45, 7) is 0.0240. The van der Waals surface area contributed by atoms with E-state index in [4.69, 9.17) is 11.1 Å². The molecule has 1 aromatic rings. The summed E-state index contributed by atoms with van der Waals surface area (Å²) in [5.74, 6) is -0.571. The maximum atomic E-state index is 12.7. The van der Waals surface area contributed by atoms with Crippen molar-refractivity contribution in [3.05, 3.63) is 35.9 Å². The van der Waals surface area contributed by atoms with Gasteiger partial charge in [-0.25, -0.2) is 0 Å². The minimum absolute atomic E-state index is 0.0240. The molecular formula is C8H10FN3. The monoisotopic (exact) mass is 166 g/mol. The lowest BCUT2D eigenvalue weighted by Crippen LogP contribution is -2.28. The van der Waals surface area contributed by atoms with Gasteiger partial charge in [-0.1, -0.05) is 34.8 Å². The van der Waals surface area contributed by atoms with Gasteiger partial charge in [0, 0.05) is 0 Å². The quantitative estimate of drug-likeness (QED) is 0.395. The van der Waals surface area contributed by atoms with Gasteiger partial charge in [0.25, 0.3) is 0 Å². The maximum absolute atomic E-state index is 12.7. The van der Waals surface area contributed by atoms with Gasteiger partial charge in [-0.3, -0.25) is 5.41 Å². The second-order valence-corrected chi connectivity index (χ2v) is 2.39. The number of nitrogens with one attached hydrogen (secondary N) is 1. The average Bonchev–Trinajstić information content (AvgIpc) is 2.06. The minimum Gasteiger partial charge on any atom is -0.368 e. The zero-order valence-electron chi connectivity index (χ0n) is 6.50. The van der Waals surface area contributed by atoms with Crippen molar-refractivity contribution in [3.8, 4) is 0 Å². The standard InChI is InChI=1S/C8H10FN3/c9-12(8(10)11)6-7-4-2-1-3-5-7/h1-5H,6H2,(H3,10,11)/i9-1. The first kappa shape index (κ1) is 8.52. The van der Waals surface area contributed by atoms with Crippen LogP contribution >= 0.6 is 0 Å². The molecule has 0 unspecified atom stereocenters. The Morgan fingerprint density at radius 2 is 2.00 bits per heavy atom. The molecule has 0 spiro atoms. The summed E-state index contributed by atoms with van der Waals surface area (Å²) in [5, 5.41) is 6.97. The first-order valence-electron chi connectivity index (χ1n) is 3.51. The number of benzene rings is 1. The Hall–Kier alpha value is -1.58. The third-order valence-electron chi connectivity index (χ3n) is 1.43. The molecule has 0 saturated carbocycles. The lowest BCUT2D eigenvalue weighted by molar-refractivity contribution is 0.108. The van der Waals surface area contributed by atoms with Gasteiger partial charge in [0.15, 0.2) is 0 Å². The molecule has 0 aliphatic carbocycles. The zero-order chi connectivity index (χ0) is 8.97. The third kappa shape index (κ3) is 2.23. The molecule has 3 N–H and O–H groups in total. The first-order valence-corrected chi connectivity index (χ1v) is 3.51. The molecule has 0 radical (unpaired) electrons. The van der Waals surface area contributed by atoms with Crippen molar-refractivity contribution in [1.29, 1.82) is 5.41 Å². The molecule has 0 bridgehead atoms. The second kappa shape index (κ2) is 3.71. The van der Waals surface area contributed by atoms with Crippen LogP contribution in [0.4, 0.5) is 4.48 Å². The van der Waals surface area contributed by atoms with Crippen LogP contribution in [0.25, 0.3) is 0 Å². The second-order valence-electron chi connectivity index (χ2n) is 2.39. The Kier molecular flexibility index (Phi) is 2.63. The van der Waals surface area contributed by atoms with E-state index < -0.39 is 5.96 Å². The Morgan fingerprint density at radius 3 is 2.50 bits per heavy atom. The number of guanidine groups is 1. The van der Waals surface area contributed by atoms with Gasteiger partial charge in [0.1, 0.15) is 0 Å². The van der Waals surface area contributed by atoms with Crippen molar-refractivity contribution in [2.45, 2.75) is 6.54 Å². The van der Waals surface area contributed by atoms with Crippen LogP contribution in [-0.4, -0.2) is 11.1 Å². The Bertz CT molecular complexity index is 260. The van der Waals surface area contributed by atoms with E-state index in [1.807, 2.05) is 18.2 Å². The molecule has 1 aromatic carbocycles. The van der Waals surface area contributed by atoms with Crippen molar-refractivity contribution >= 4 is 5.96 Å². The highest BCUT2D eigenvalue weighted by Gasteiger charge is 2.03. The smallest absolute Gasteiger partial charge is 0.217 e. The molecule has 0 saturated heterocycles. The van der Waals surface area contributed by atoms with E-state index in [1.54, 1.807) is 12.1 Å². The summed E-state index contributed by atoms with van der Waals surface area (Å²) in [5.41, 5.74) is 5.71. The largest absolute Gasteiger partial charge is 0.368 e. The molecule has 12 heavy (non-hydrogen) atoms. The summed E-state index contributed by atoms with van der Waals surface area (Å²) >= 11 is 0. The fourth-order valence-electron chi connectivity index (χ4n) is 0.829. The van der Waals surface area contributed by atoms with Crippen LogP contribution in [-0.2, 0) is 6.54 Å². The average molecular weight is 166 g/mol. The highest BCUT2D eigenvalue weighted by atomic mass is 18.3. The van der Waals surface area contributed by atoms with Gasteiger partial charge in [-0.05, 0) is 5.56 Å². The summed E-state index contributed by atoms with van der Waals surface area (Å²) < 4.78 is 12.7. The lowest BCUT2D eigenvalue weighted by atomic mass is 10.2. The van der Waals surface area contributed by atoms with Gasteiger partial charge < -0.3 is 5.73 Å². The van der Waals surface area contributed by atoms with Crippen LogP contribution in [0.1, 0.15) is 5.56 Å². The number of nitrogens with zero attached hydrogens (tertiary/aromatic N) is 1. The van der Waals surface area contributed by atoms with Crippen LogP contribution < -0.4 is 5.73 Å². The summed E-state index contributed by atoms with van der Waals surface area (Å²) in [4.78, 5) is 0. The fraction of sp³-hybridized carbons (Fsp3) is 0.125. The molecule has 1 rings (SSSR count). The molecule has 4 heteroatoms. The maximum Gasteiger partial charge on any atom is 0.217 e. The van der Waals surface area contributed by atoms with Crippen molar-refractivity contribution < 1.29 is 4.48 Å². The first-order chi connectivity index (χ1) is 5.70. The third-order valence-corrected chi connectivity index (χ3v) is 1.43. The molecule has 0 aromatic heterocycles. The van der Waals surface area contributed by atoms with E-state index >= 15 is 0 Å². The van der Waals surface area contributed by atoms with Crippen LogP contribution in [0.2, 0.25) is 0 Å². The minimum atomic E-state index is -0.571. The van der Waals surface area contributed by atoms with Crippen molar-refractivity contribution in [2.75, 3.05) is 0 Å². The number of hydrogen-bond acceptors (Lipinski definition) is 1. The number of halogens is 1. The van der Waals surface area contributed by atoms with Crippen LogP contribution in [0.3, 0.4) is 0 Å². The molecule has 0 atom stereocenters. The van der Waals surface area contributed by atoms with Crippen LogP contribution in [0.15, 0.2) is 30.3 Å². The predicted octanol–water partition coefficient (Wildman–Crippen LogP) is 1.27. The van der Waals surface area contributed by atoms with Gasteiger partial charge in [-0.2, -0.15) is 5.12 Å². The predicted molar refractivity (Wildman–Crippen MR) is 45.0 cm³/mol. The molecule has 0 heterocycles. The summed E-state index contributed by atoms with van der Waals surface area (Å²) in [6.07, 6.45) is 0.